The number of nitro benzene ring substituents is 1. The van der Waals surface area contributed by atoms with Gasteiger partial charge in [-0.2, -0.15) is 0 Å². The summed E-state index contributed by atoms with van der Waals surface area (Å²) in [6.07, 6.45) is 1.62. The van der Waals surface area contributed by atoms with Crippen LogP contribution >= 0.6 is 0 Å². The molecule has 1 heterocycles. The van der Waals surface area contributed by atoms with E-state index < -0.39 is 0 Å². The number of rotatable bonds is 2. The van der Waals surface area contributed by atoms with Gasteiger partial charge in [0.1, 0.15) is 5.82 Å². The lowest BCUT2D eigenvalue weighted by Crippen LogP contribution is -2.13. The third kappa shape index (κ3) is 2.77. The van der Waals surface area contributed by atoms with E-state index in [2.05, 4.69) is 4.98 Å². The molecule has 1 aromatic heterocycles. The Hall–Kier alpha value is -2.43. The SMILES string of the molecule is CC(C)(C)c1ccc(-c2ccc(N)nc2)cc1[N+](=O)[O-]. The average Bonchev–Trinajstić information content (AvgIpc) is 2.37. The maximum atomic E-state index is 11.3. The van der Waals surface area contributed by atoms with Crippen molar-refractivity contribution in [1.29, 1.82) is 0 Å². The van der Waals surface area contributed by atoms with E-state index in [0.717, 1.165) is 16.7 Å². The van der Waals surface area contributed by atoms with Gasteiger partial charge in [0.2, 0.25) is 0 Å². The summed E-state index contributed by atoms with van der Waals surface area (Å²) in [5.74, 6) is 0.426. The number of hydrogen-bond donors (Lipinski definition) is 1. The number of nitro groups is 1. The van der Waals surface area contributed by atoms with E-state index >= 15 is 0 Å². The Kier molecular flexibility index (Phi) is 3.44. The summed E-state index contributed by atoms with van der Waals surface area (Å²) in [6.45, 7) is 5.87. The maximum Gasteiger partial charge on any atom is 0.273 e. The van der Waals surface area contributed by atoms with Crippen LogP contribution in [0.1, 0.15) is 26.3 Å². The van der Waals surface area contributed by atoms with Crippen LogP contribution in [0.15, 0.2) is 36.5 Å². The van der Waals surface area contributed by atoms with Gasteiger partial charge in [-0.05, 0) is 23.1 Å². The van der Waals surface area contributed by atoms with Gasteiger partial charge in [-0.3, -0.25) is 10.1 Å². The Morgan fingerprint density at radius 1 is 1.15 bits per heavy atom. The molecule has 0 atom stereocenters. The molecule has 0 saturated heterocycles. The Bertz CT molecular complexity index is 643. The Balaban J connectivity index is 2.56. The third-order valence-electron chi connectivity index (χ3n) is 3.12. The summed E-state index contributed by atoms with van der Waals surface area (Å²) in [6, 6.07) is 8.76. The number of pyridine rings is 1. The second-order valence-electron chi connectivity index (χ2n) is 5.71. The molecule has 0 bridgehead atoms. The van der Waals surface area contributed by atoms with Gasteiger partial charge in [-0.25, -0.2) is 4.98 Å². The fourth-order valence-electron chi connectivity index (χ4n) is 2.07. The van der Waals surface area contributed by atoms with Crippen molar-refractivity contribution in [3.63, 3.8) is 0 Å². The van der Waals surface area contributed by atoms with Crippen molar-refractivity contribution >= 4 is 11.5 Å². The minimum Gasteiger partial charge on any atom is -0.384 e. The highest BCUT2D eigenvalue weighted by atomic mass is 16.6. The minimum atomic E-state index is -0.338. The molecule has 0 fully saturated rings. The van der Waals surface area contributed by atoms with Crippen LogP contribution in [0.5, 0.6) is 0 Å². The smallest absolute Gasteiger partial charge is 0.273 e. The number of nitrogens with zero attached hydrogens (tertiary/aromatic N) is 2. The zero-order valence-electron chi connectivity index (χ0n) is 11.8. The van der Waals surface area contributed by atoms with Crippen LogP contribution in [-0.4, -0.2) is 9.91 Å². The van der Waals surface area contributed by atoms with Crippen molar-refractivity contribution in [2.24, 2.45) is 0 Å². The molecule has 5 nitrogen and oxygen atoms in total. The molecule has 0 saturated carbocycles. The monoisotopic (exact) mass is 271 g/mol. The first-order valence-corrected chi connectivity index (χ1v) is 6.30. The highest BCUT2D eigenvalue weighted by Crippen LogP contribution is 2.34. The quantitative estimate of drug-likeness (QED) is 0.669. The zero-order valence-corrected chi connectivity index (χ0v) is 11.8. The minimum absolute atomic E-state index is 0.131. The summed E-state index contributed by atoms with van der Waals surface area (Å²) < 4.78 is 0. The van der Waals surface area contributed by atoms with Crippen LogP contribution in [0.2, 0.25) is 0 Å². The number of anilines is 1. The van der Waals surface area contributed by atoms with Gasteiger partial charge in [0.15, 0.2) is 0 Å². The lowest BCUT2D eigenvalue weighted by Gasteiger charge is -2.19. The molecule has 5 heteroatoms. The molecule has 0 aliphatic heterocycles. The van der Waals surface area contributed by atoms with E-state index in [0.29, 0.717) is 5.82 Å². The van der Waals surface area contributed by atoms with Crippen molar-refractivity contribution in [3.8, 4) is 11.1 Å². The molecule has 0 amide bonds. The lowest BCUT2D eigenvalue weighted by molar-refractivity contribution is -0.385. The molecular formula is C15H17N3O2. The Morgan fingerprint density at radius 2 is 1.80 bits per heavy atom. The van der Waals surface area contributed by atoms with Gasteiger partial charge in [-0.1, -0.05) is 32.9 Å². The van der Waals surface area contributed by atoms with Gasteiger partial charge in [0, 0.05) is 23.4 Å². The van der Waals surface area contributed by atoms with Gasteiger partial charge >= 0.3 is 0 Å². The summed E-state index contributed by atoms with van der Waals surface area (Å²) in [7, 11) is 0. The van der Waals surface area contributed by atoms with Crippen molar-refractivity contribution in [3.05, 3.63) is 52.2 Å². The topological polar surface area (TPSA) is 82.0 Å². The first-order chi connectivity index (χ1) is 9.29. The average molecular weight is 271 g/mol. The lowest BCUT2D eigenvalue weighted by atomic mass is 9.85. The molecule has 2 rings (SSSR count). The molecule has 2 aromatic rings. The van der Waals surface area contributed by atoms with Gasteiger partial charge in [-0.15, -0.1) is 0 Å². The highest BCUT2D eigenvalue weighted by molar-refractivity contribution is 5.68. The van der Waals surface area contributed by atoms with Crippen molar-refractivity contribution in [2.45, 2.75) is 26.2 Å². The maximum absolute atomic E-state index is 11.3. The van der Waals surface area contributed by atoms with Gasteiger partial charge in [0.25, 0.3) is 5.69 Å². The number of benzene rings is 1. The molecule has 104 valence electrons. The van der Waals surface area contributed by atoms with E-state index in [9.17, 15) is 10.1 Å². The molecule has 0 aliphatic carbocycles. The fraction of sp³-hybridized carbons (Fsp3) is 0.267. The summed E-state index contributed by atoms with van der Waals surface area (Å²) in [5, 5.41) is 11.3. The first-order valence-electron chi connectivity index (χ1n) is 6.30. The zero-order chi connectivity index (χ0) is 14.9. The summed E-state index contributed by atoms with van der Waals surface area (Å²) in [5.41, 5.74) is 7.69. The van der Waals surface area contributed by atoms with Crippen molar-refractivity contribution < 1.29 is 4.92 Å². The number of hydrogen-bond acceptors (Lipinski definition) is 4. The molecule has 2 N–H and O–H groups in total. The number of aromatic nitrogens is 1. The number of nitrogens with two attached hydrogens (primary N) is 1. The summed E-state index contributed by atoms with van der Waals surface area (Å²) in [4.78, 5) is 14.9. The first kappa shape index (κ1) is 14.0. The highest BCUT2D eigenvalue weighted by Gasteiger charge is 2.25. The fourth-order valence-corrected chi connectivity index (χ4v) is 2.07. The van der Waals surface area contributed by atoms with Gasteiger partial charge in [0.05, 0.1) is 4.92 Å². The normalized spacial score (nSPS) is 11.3. The Labute approximate surface area is 117 Å². The summed E-state index contributed by atoms with van der Waals surface area (Å²) >= 11 is 0. The standard InChI is InChI=1S/C15H17N3O2/c1-15(2,3)12-6-4-10(8-13(12)18(19)20)11-5-7-14(16)17-9-11/h4-9H,1-3H3,(H2,16,17). The van der Waals surface area contributed by atoms with Crippen LogP contribution in [0, 0.1) is 10.1 Å². The van der Waals surface area contributed by atoms with Crippen LogP contribution in [0.25, 0.3) is 11.1 Å². The molecule has 20 heavy (non-hydrogen) atoms. The Morgan fingerprint density at radius 3 is 2.30 bits per heavy atom. The second-order valence-corrected chi connectivity index (χ2v) is 5.71. The third-order valence-corrected chi connectivity index (χ3v) is 3.12. The van der Waals surface area contributed by atoms with E-state index in [1.165, 1.54) is 0 Å². The predicted octanol–water partition coefficient (Wildman–Crippen LogP) is 3.54. The van der Waals surface area contributed by atoms with Crippen LogP contribution in [0.3, 0.4) is 0 Å². The van der Waals surface area contributed by atoms with Crippen molar-refractivity contribution in [1.82, 2.24) is 4.98 Å². The van der Waals surface area contributed by atoms with Crippen LogP contribution < -0.4 is 5.73 Å². The number of nitrogen functional groups attached to an aromatic ring is 1. The van der Waals surface area contributed by atoms with Crippen LogP contribution in [-0.2, 0) is 5.41 Å². The molecule has 0 unspecified atom stereocenters. The second kappa shape index (κ2) is 4.92. The van der Waals surface area contributed by atoms with E-state index in [1.54, 1.807) is 24.4 Å². The van der Waals surface area contributed by atoms with E-state index in [1.807, 2.05) is 32.9 Å². The van der Waals surface area contributed by atoms with Crippen molar-refractivity contribution in [2.75, 3.05) is 5.73 Å². The van der Waals surface area contributed by atoms with E-state index in [-0.39, 0.29) is 16.0 Å². The van der Waals surface area contributed by atoms with E-state index in [4.69, 9.17) is 5.73 Å². The van der Waals surface area contributed by atoms with Crippen LogP contribution in [0.4, 0.5) is 11.5 Å². The molecule has 0 aliphatic rings. The molecule has 0 radical (unpaired) electrons. The molecular weight excluding hydrogens is 254 g/mol. The predicted molar refractivity (Wildman–Crippen MR) is 79.4 cm³/mol. The molecule has 0 spiro atoms. The van der Waals surface area contributed by atoms with Gasteiger partial charge < -0.3 is 5.73 Å². The molecule has 1 aromatic carbocycles. The largest absolute Gasteiger partial charge is 0.384 e.